The van der Waals surface area contributed by atoms with Crippen LogP contribution in [0.2, 0.25) is 0 Å². The summed E-state index contributed by atoms with van der Waals surface area (Å²) < 4.78 is 5.81. The standard InChI is InChI=1S/C20H25N3O2/c1-22(15-18-9-5-6-10-21-18)20(24)13-19-16-23(11-12-25-19)14-17-7-3-2-4-8-17/h2-10,19H,11-16H2,1H3/t19-/m0/s1. The Kier molecular flexibility index (Phi) is 6.14. The first kappa shape index (κ1) is 17.6. The molecule has 0 radical (unpaired) electrons. The molecule has 1 fully saturated rings. The fourth-order valence-corrected chi connectivity index (χ4v) is 3.06. The number of carbonyl (C=O) groups is 1. The number of ether oxygens (including phenoxy) is 1. The summed E-state index contributed by atoms with van der Waals surface area (Å²) in [5.74, 6) is 0.0946. The van der Waals surface area contributed by atoms with Crippen LogP contribution in [0, 0.1) is 0 Å². The van der Waals surface area contributed by atoms with Crippen LogP contribution in [0.25, 0.3) is 0 Å². The number of pyridine rings is 1. The van der Waals surface area contributed by atoms with Gasteiger partial charge in [-0.2, -0.15) is 0 Å². The highest BCUT2D eigenvalue weighted by Crippen LogP contribution is 2.14. The molecule has 1 atom stereocenters. The first-order valence-electron chi connectivity index (χ1n) is 8.72. The molecule has 0 N–H and O–H groups in total. The Morgan fingerprint density at radius 1 is 1.24 bits per heavy atom. The Morgan fingerprint density at radius 3 is 2.80 bits per heavy atom. The molecule has 1 aliphatic rings. The second-order valence-corrected chi connectivity index (χ2v) is 6.49. The molecule has 1 aliphatic heterocycles. The van der Waals surface area contributed by atoms with Gasteiger partial charge in [-0.3, -0.25) is 14.7 Å². The van der Waals surface area contributed by atoms with Crippen LogP contribution in [-0.2, 0) is 22.6 Å². The third-order valence-corrected chi connectivity index (χ3v) is 4.43. The van der Waals surface area contributed by atoms with Crippen molar-refractivity contribution in [2.24, 2.45) is 0 Å². The molecule has 0 saturated carbocycles. The maximum Gasteiger partial charge on any atom is 0.225 e. The van der Waals surface area contributed by atoms with E-state index in [2.05, 4.69) is 34.1 Å². The Labute approximate surface area is 149 Å². The summed E-state index contributed by atoms with van der Waals surface area (Å²) in [7, 11) is 1.82. The van der Waals surface area contributed by atoms with E-state index in [-0.39, 0.29) is 12.0 Å². The minimum Gasteiger partial charge on any atom is -0.375 e. The molecule has 2 aromatic rings. The van der Waals surface area contributed by atoms with Crippen LogP contribution >= 0.6 is 0 Å². The van der Waals surface area contributed by atoms with Crippen molar-refractivity contribution in [2.75, 3.05) is 26.7 Å². The lowest BCUT2D eigenvalue weighted by atomic mass is 10.1. The smallest absolute Gasteiger partial charge is 0.225 e. The number of hydrogen-bond acceptors (Lipinski definition) is 4. The van der Waals surface area contributed by atoms with Crippen molar-refractivity contribution < 1.29 is 9.53 Å². The topological polar surface area (TPSA) is 45.7 Å². The van der Waals surface area contributed by atoms with E-state index in [9.17, 15) is 4.79 Å². The van der Waals surface area contributed by atoms with Gasteiger partial charge in [-0.05, 0) is 17.7 Å². The molecule has 1 saturated heterocycles. The van der Waals surface area contributed by atoms with Crippen molar-refractivity contribution in [2.45, 2.75) is 25.6 Å². The molecular formula is C20H25N3O2. The number of benzene rings is 1. The van der Waals surface area contributed by atoms with Gasteiger partial charge in [0.1, 0.15) is 0 Å². The third-order valence-electron chi connectivity index (χ3n) is 4.43. The normalized spacial score (nSPS) is 18.0. The molecule has 5 heteroatoms. The summed E-state index contributed by atoms with van der Waals surface area (Å²) in [6, 6.07) is 16.2. The van der Waals surface area contributed by atoms with Crippen LogP contribution in [0.1, 0.15) is 17.7 Å². The zero-order valence-corrected chi connectivity index (χ0v) is 14.7. The summed E-state index contributed by atoms with van der Waals surface area (Å²) >= 11 is 0. The van der Waals surface area contributed by atoms with E-state index in [4.69, 9.17) is 4.74 Å². The number of aromatic nitrogens is 1. The largest absolute Gasteiger partial charge is 0.375 e. The molecule has 5 nitrogen and oxygen atoms in total. The lowest BCUT2D eigenvalue weighted by Gasteiger charge is -2.33. The minimum atomic E-state index is -0.0452. The molecule has 2 heterocycles. The quantitative estimate of drug-likeness (QED) is 0.810. The summed E-state index contributed by atoms with van der Waals surface area (Å²) in [4.78, 5) is 20.8. The number of hydrogen-bond donors (Lipinski definition) is 0. The van der Waals surface area contributed by atoms with E-state index in [1.165, 1.54) is 5.56 Å². The lowest BCUT2D eigenvalue weighted by molar-refractivity contribution is -0.135. The van der Waals surface area contributed by atoms with E-state index < -0.39 is 0 Å². The van der Waals surface area contributed by atoms with Crippen molar-refractivity contribution in [1.29, 1.82) is 0 Å². The van der Waals surface area contributed by atoms with Crippen LogP contribution in [0.15, 0.2) is 54.7 Å². The van der Waals surface area contributed by atoms with Gasteiger partial charge in [0.05, 0.1) is 31.4 Å². The third kappa shape index (κ3) is 5.37. The van der Waals surface area contributed by atoms with Gasteiger partial charge in [0.25, 0.3) is 0 Å². The SMILES string of the molecule is CN(Cc1ccccn1)C(=O)C[C@H]1CN(Cc2ccccc2)CCO1. The molecule has 0 bridgehead atoms. The van der Waals surface area contributed by atoms with Gasteiger partial charge >= 0.3 is 0 Å². The molecule has 0 spiro atoms. The maximum atomic E-state index is 12.5. The Balaban J connectivity index is 1.49. The van der Waals surface area contributed by atoms with E-state index in [0.29, 0.717) is 19.6 Å². The van der Waals surface area contributed by atoms with Gasteiger partial charge in [-0.15, -0.1) is 0 Å². The number of nitrogens with zero attached hydrogens (tertiary/aromatic N) is 3. The summed E-state index contributed by atoms with van der Waals surface area (Å²) in [5, 5.41) is 0. The van der Waals surface area contributed by atoms with Crippen LogP contribution in [0.3, 0.4) is 0 Å². The Bertz CT molecular complexity index is 663. The first-order chi connectivity index (χ1) is 12.2. The van der Waals surface area contributed by atoms with Crippen molar-refractivity contribution in [3.05, 3.63) is 66.0 Å². The lowest BCUT2D eigenvalue weighted by Crippen LogP contribution is -2.44. The van der Waals surface area contributed by atoms with Gasteiger partial charge in [0, 0.05) is 32.9 Å². The van der Waals surface area contributed by atoms with E-state index in [1.54, 1.807) is 11.1 Å². The molecule has 0 unspecified atom stereocenters. The van der Waals surface area contributed by atoms with Crippen molar-refractivity contribution >= 4 is 5.91 Å². The number of carbonyl (C=O) groups excluding carboxylic acids is 1. The van der Waals surface area contributed by atoms with Gasteiger partial charge in [0.2, 0.25) is 5.91 Å². The second kappa shape index (κ2) is 8.74. The van der Waals surface area contributed by atoms with Crippen molar-refractivity contribution in [3.63, 3.8) is 0 Å². The second-order valence-electron chi connectivity index (χ2n) is 6.49. The number of amides is 1. The highest BCUT2D eigenvalue weighted by molar-refractivity contribution is 5.76. The average Bonchev–Trinajstić information content (AvgIpc) is 2.63. The van der Waals surface area contributed by atoms with Gasteiger partial charge < -0.3 is 9.64 Å². The van der Waals surface area contributed by atoms with Gasteiger partial charge in [-0.1, -0.05) is 36.4 Å². The summed E-state index contributed by atoms with van der Waals surface area (Å²) in [5.41, 5.74) is 2.19. The molecule has 1 amide bonds. The fourth-order valence-electron chi connectivity index (χ4n) is 3.06. The van der Waals surface area contributed by atoms with Crippen LogP contribution < -0.4 is 0 Å². The summed E-state index contributed by atoms with van der Waals surface area (Å²) in [6.45, 7) is 3.80. The summed E-state index contributed by atoms with van der Waals surface area (Å²) in [6.07, 6.45) is 2.12. The molecule has 3 rings (SSSR count). The van der Waals surface area contributed by atoms with E-state index >= 15 is 0 Å². The Morgan fingerprint density at radius 2 is 2.04 bits per heavy atom. The zero-order chi connectivity index (χ0) is 17.5. The number of rotatable bonds is 6. The maximum absolute atomic E-state index is 12.5. The monoisotopic (exact) mass is 339 g/mol. The predicted octanol–water partition coefficient (Wildman–Crippen LogP) is 2.33. The molecule has 0 aliphatic carbocycles. The van der Waals surface area contributed by atoms with Crippen molar-refractivity contribution in [1.82, 2.24) is 14.8 Å². The van der Waals surface area contributed by atoms with E-state index in [1.807, 2.05) is 31.3 Å². The highest BCUT2D eigenvalue weighted by Gasteiger charge is 2.24. The predicted molar refractivity (Wildman–Crippen MR) is 96.8 cm³/mol. The number of morpholine rings is 1. The molecular weight excluding hydrogens is 314 g/mol. The van der Waals surface area contributed by atoms with Crippen LogP contribution in [0.5, 0.6) is 0 Å². The fraction of sp³-hybridized carbons (Fsp3) is 0.400. The average molecular weight is 339 g/mol. The Hall–Kier alpha value is -2.24. The highest BCUT2D eigenvalue weighted by atomic mass is 16.5. The van der Waals surface area contributed by atoms with Gasteiger partial charge in [-0.25, -0.2) is 0 Å². The zero-order valence-electron chi connectivity index (χ0n) is 14.7. The molecule has 132 valence electrons. The van der Waals surface area contributed by atoms with Crippen LogP contribution in [-0.4, -0.2) is 53.5 Å². The molecule has 25 heavy (non-hydrogen) atoms. The van der Waals surface area contributed by atoms with Gasteiger partial charge in [0.15, 0.2) is 0 Å². The van der Waals surface area contributed by atoms with E-state index in [0.717, 1.165) is 25.3 Å². The minimum absolute atomic E-state index is 0.0452. The van der Waals surface area contributed by atoms with Crippen molar-refractivity contribution in [3.8, 4) is 0 Å². The van der Waals surface area contributed by atoms with Crippen LogP contribution in [0.4, 0.5) is 0 Å². The molecule has 1 aromatic heterocycles. The molecule has 1 aromatic carbocycles. The first-order valence-corrected chi connectivity index (χ1v) is 8.72.